The van der Waals surface area contributed by atoms with Crippen LogP contribution in [-0.4, -0.2) is 23.8 Å². The largest absolute Gasteiger partial charge is 0.480 e. The average Bonchev–Trinajstić information content (AvgIpc) is 2.07. The predicted octanol–water partition coefficient (Wildman–Crippen LogP) is 2.09. The maximum Gasteiger partial charge on any atom is 0.202 e. The molecule has 88 valence electrons. The van der Waals surface area contributed by atoms with Crippen molar-refractivity contribution in [1.82, 2.24) is 5.43 Å². The number of Topliss-reactive ketones (excluding diaryl/α,β-unsaturated/α-hetero) is 1. The average molecular weight is 214 g/mol. The zero-order chi connectivity index (χ0) is 11.9. The highest BCUT2D eigenvalue weighted by Gasteiger charge is 2.06. The Bertz CT molecular complexity index is 229. The first kappa shape index (κ1) is 13.9. The van der Waals surface area contributed by atoms with Gasteiger partial charge in [-0.25, -0.2) is 0 Å². The van der Waals surface area contributed by atoms with Crippen LogP contribution in [0, 0.1) is 0 Å². The fourth-order valence-electron chi connectivity index (χ4n) is 0.820. The Kier molecular flexibility index (Phi) is 5.97. The minimum atomic E-state index is -0.0516. The van der Waals surface area contributed by atoms with Crippen molar-refractivity contribution in [3.63, 3.8) is 0 Å². The summed E-state index contributed by atoms with van der Waals surface area (Å²) in [7, 11) is 0. The Hall–Kier alpha value is -1.06. The minimum absolute atomic E-state index is 0.0516. The van der Waals surface area contributed by atoms with Crippen LogP contribution in [0.25, 0.3) is 0 Å². The number of ketones is 1. The van der Waals surface area contributed by atoms with E-state index >= 15 is 0 Å². The van der Waals surface area contributed by atoms with Crippen molar-refractivity contribution in [2.45, 2.75) is 53.0 Å². The van der Waals surface area contributed by atoms with E-state index < -0.39 is 0 Å². The molecule has 0 spiro atoms. The van der Waals surface area contributed by atoms with Crippen LogP contribution in [0.3, 0.4) is 0 Å². The van der Waals surface area contributed by atoms with E-state index in [1.165, 1.54) is 0 Å². The molecule has 4 heteroatoms. The molecule has 15 heavy (non-hydrogen) atoms. The molecule has 0 saturated carbocycles. The number of rotatable bonds is 5. The highest BCUT2D eigenvalue weighted by Crippen LogP contribution is 1.98. The van der Waals surface area contributed by atoms with Gasteiger partial charge in [-0.15, -0.1) is 5.10 Å². The first-order valence-corrected chi connectivity index (χ1v) is 5.25. The van der Waals surface area contributed by atoms with Gasteiger partial charge in [0.1, 0.15) is 5.78 Å². The van der Waals surface area contributed by atoms with Gasteiger partial charge in [-0.3, -0.25) is 0 Å². The summed E-state index contributed by atoms with van der Waals surface area (Å²) in [5.41, 5.74) is 2.92. The van der Waals surface area contributed by atoms with Crippen molar-refractivity contribution in [3.05, 3.63) is 0 Å². The molecule has 0 rings (SSSR count). The van der Waals surface area contributed by atoms with Gasteiger partial charge >= 0.3 is 0 Å². The summed E-state index contributed by atoms with van der Waals surface area (Å²) < 4.78 is 5.32. The minimum Gasteiger partial charge on any atom is -0.480 e. The number of carbonyl (C=O) groups is 1. The summed E-state index contributed by atoms with van der Waals surface area (Å²) in [6.45, 7) is 10.0. The number of nitrogens with one attached hydrogen (secondary N) is 1. The van der Waals surface area contributed by atoms with E-state index in [0.717, 1.165) is 6.42 Å². The zero-order valence-corrected chi connectivity index (χ0v) is 10.4. The van der Waals surface area contributed by atoms with E-state index in [2.05, 4.69) is 10.5 Å². The van der Waals surface area contributed by atoms with E-state index in [9.17, 15) is 4.79 Å². The van der Waals surface area contributed by atoms with Gasteiger partial charge in [-0.2, -0.15) is 0 Å². The fourth-order valence-corrected chi connectivity index (χ4v) is 0.820. The summed E-state index contributed by atoms with van der Waals surface area (Å²) in [5.74, 6) is 0.800. The molecular formula is C11H22N2O2. The van der Waals surface area contributed by atoms with Crippen LogP contribution in [0.2, 0.25) is 0 Å². The van der Waals surface area contributed by atoms with Gasteiger partial charge in [-0.1, -0.05) is 0 Å². The van der Waals surface area contributed by atoms with Gasteiger partial charge in [0.15, 0.2) is 0 Å². The molecule has 0 heterocycles. The smallest absolute Gasteiger partial charge is 0.202 e. The highest BCUT2D eigenvalue weighted by atomic mass is 16.5. The lowest BCUT2D eigenvalue weighted by Crippen LogP contribution is -2.32. The molecule has 0 unspecified atom stereocenters. The van der Waals surface area contributed by atoms with Crippen LogP contribution >= 0.6 is 0 Å². The normalized spacial score (nSPS) is 12.5. The maximum absolute atomic E-state index is 10.6. The summed E-state index contributed by atoms with van der Waals surface area (Å²) >= 11 is 0. The summed E-state index contributed by atoms with van der Waals surface area (Å²) in [6, 6.07) is 0. The van der Waals surface area contributed by atoms with Crippen LogP contribution in [0.4, 0.5) is 0 Å². The monoisotopic (exact) mass is 214 g/mol. The number of nitrogens with zero attached hydrogens (tertiary/aromatic N) is 1. The van der Waals surface area contributed by atoms with Crippen LogP contribution in [0.5, 0.6) is 0 Å². The Morgan fingerprint density at radius 2 is 1.93 bits per heavy atom. The molecule has 0 aliphatic carbocycles. The van der Waals surface area contributed by atoms with Crippen LogP contribution < -0.4 is 5.43 Å². The van der Waals surface area contributed by atoms with E-state index in [1.54, 1.807) is 13.8 Å². The van der Waals surface area contributed by atoms with Gasteiger partial charge in [0.05, 0.1) is 6.61 Å². The first-order valence-electron chi connectivity index (χ1n) is 5.25. The van der Waals surface area contributed by atoms with E-state index in [-0.39, 0.29) is 11.3 Å². The Morgan fingerprint density at radius 3 is 2.40 bits per heavy atom. The number of hydrogen-bond donors (Lipinski definition) is 1. The van der Waals surface area contributed by atoms with Crippen LogP contribution in [0.1, 0.15) is 47.5 Å². The van der Waals surface area contributed by atoms with Gasteiger partial charge in [0.2, 0.25) is 5.90 Å². The molecule has 0 aliphatic rings. The lowest BCUT2D eigenvalue weighted by Gasteiger charge is -2.18. The molecule has 0 saturated heterocycles. The van der Waals surface area contributed by atoms with E-state index in [4.69, 9.17) is 4.74 Å². The summed E-state index contributed by atoms with van der Waals surface area (Å²) in [5, 5.41) is 4.07. The highest BCUT2D eigenvalue weighted by molar-refractivity contribution is 5.75. The van der Waals surface area contributed by atoms with Crippen molar-refractivity contribution in [3.8, 4) is 0 Å². The van der Waals surface area contributed by atoms with E-state index in [1.807, 2.05) is 20.8 Å². The fraction of sp³-hybridized carbons (Fsp3) is 0.818. The second-order valence-electron chi connectivity index (χ2n) is 4.65. The van der Waals surface area contributed by atoms with Crippen molar-refractivity contribution in [2.75, 3.05) is 6.61 Å². The third-order valence-corrected chi connectivity index (χ3v) is 1.53. The molecule has 0 aromatic heterocycles. The zero-order valence-electron chi connectivity index (χ0n) is 10.4. The van der Waals surface area contributed by atoms with Gasteiger partial charge in [0, 0.05) is 18.9 Å². The number of hydrogen-bond acceptors (Lipinski definition) is 4. The van der Waals surface area contributed by atoms with E-state index in [0.29, 0.717) is 18.9 Å². The van der Waals surface area contributed by atoms with Gasteiger partial charge in [0.25, 0.3) is 0 Å². The van der Waals surface area contributed by atoms with Gasteiger partial charge < -0.3 is 15.0 Å². The molecule has 0 aromatic rings. The quantitative estimate of drug-likeness (QED) is 0.330. The third-order valence-electron chi connectivity index (χ3n) is 1.53. The van der Waals surface area contributed by atoms with Crippen molar-refractivity contribution >= 4 is 11.7 Å². The lowest BCUT2D eigenvalue weighted by atomic mass is 10.1. The molecule has 0 atom stereocenters. The van der Waals surface area contributed by atoms with Gasteiger partial charge in [-0.05, 0) is 34.1 Å². The second kappa shape index (κ2) is 6.43. The first-order chi connectivity index (χ1) is 6.81. The van der Waals surface area contributed by atoms with Crippen LogP contribution in [0.15, 0.2) is 5.10 Å². The molecule has 1 N–H and O–H groups in total. The molecule has 0 fully saturated rings. The number of ether oxygens (including phenoxy) is 1. The summed E-state index contributed by atoms with van der Waals surface area (Å²) in [6.07, 6.45) is 1.32. The molecular weight excluding hydrogens is 192 g/mol. The summed E-state index contributed by atoms with van der Waals surface area (Å²) in [4.78, 5) is 10.6. The van der Waals surface area contributed by atoms with Crippen LogP contribution in [-0.2, 0) is 9.53 Å². The Labute approximate surface area is 92.1 Å². The molecule has 0 radical (unpaired) electrons. The Balaban J connectivity index is 3.65. The Morgan fingerprint density at radius 1 is 1.33 bits per heavy atom. The SMILES string of the molecule is CC(=O)CCCOC(C)=NNC(C)(C)C. The lowest BCUT2D eigenvalue weighted by molar-refractivity contribution is -0.117. The maximum atomic E-state index is 10.6. The third kappa shape index (κ3) is 10.9. The number of carbonyl (C=O) groups excluding carboxylic acids is 1. The van der Waals surface area contributed by atoms with Crippen molar-refractivity contribution in [2.24, 2.45) is 5.10 Å². The van der Waals surface area contributed by atoms with Crippen molar-refractivity contribution < 1.29 is 9.53 Å². The molecule has 4 nitrogen and oxygen atoms in total. The molecule has 0 bridgehead atoms. The molecule has 0 amide bonds. The standard InChI is InChI=1S/C11H22N2O2/c1-9(14)7-6-8-15-10(2)12-13-11(3,4)5/h13H,6-8H2,1-5H3. The molecule has 0 aromatic carbocycles. The molecule has 0 aliphatic heterocycles. The number of hydrazone groups is 1. The topological polar surface area (TPSA) is 50.7 Å². The van der Waals surface area contributed by atoms with Crippen molar-refractivity contribution in [1.29, 1.82) is 0 Å². The second-order valence-corrected chi connectivity index (χ2v) is 4.65. The predicted molar refractivity (Wildman–Crippen MR) is 61.9 cm³/mol.